The molecule has 37 heavy (non-hydrogen) atoms. The molecule has 0 aromatic heterocycles. The summed E-state index contributed by atoms with van der Waals surface area (Å²) in [6.45, 7) is 0.802. The maximum absolute atomic E-state index is 13.5. The Bertz CT molecular complexity index is 1150. The van der Waals surface area contributed by atoms with E-state index in [1.54, 1.807) is 0 Å². The molecular formula is C26H33F3O7S. The van der Waals surface area contributed by atoms with E-state index in [9.17, 15) is 36.0 Å². The van der Waals surface area contributed by atoms with Gasteiger partial charge in [0.15, 0.2) is 0 Å². The van der Waals surface area contributed by atoms with Gasteiger partial charge < -0.3 is 4.74 Å². The van der Waals surface area contributed by atoms with Crippen LogP contribution in [0.2, 0.25) is 0 Å². The number of carbonyl (C=O) groups is 3. The molecule has 0 aromatic rings. The number of rotatable bonds is 8. The largest absolute Gasteiger partial charge is 0.462 e. The Hall–Kier alpha value is -1.75. The third-order valence-corrected chi connectivity index (χ3v) is 11.3. The van der Waals surface area contributed by atoms with Gasteiger partial charge in [-0.15, -0.1) is 0 Å². The molecule has 4 fully saturated rings. The second-order valence-electron chi connectivity index (χ2n) is 12.1. The van der Waals surface area contributed by atoms with Crippen LogP contribution < -0.4 is 0 Å². The monoisotopic (exact) mass is 546 g/mol. The number of Topliss-reactive ketones (excluding diaryl/α,β-unsaturated/α-hetero) is 2. The van der Waals surface area contributed by atoms with E-state index in [4.69, 9.17) is 4.55 Å². The van der Waals surface area contributed by atoms with Gasteiger partial charge in [-0.3, -0.25) is 18.9 Å². The van der Waals surface area contributed by atoms with Gasteiger partial charge in [-0.05, 0) is 73.0 Å². The zero-order chi connectivity index (χ0) is 27.0. The van der Waals surface area contributed by atoms with Crippen LogP contribution in [0.3, 0.4) is 0 Å². The molecule has 11 heteroatoms. The third kappa shape index (κ3) is 4.10. The number of hydrogen-bond donors (Lipinski definition) is 1. The van der Waals surface area contributed by atoms with E-state index in [0.717, 1.165) is 25.7 Å². The highest BCUT2D eigenvalue weighted by atomic mass is 32.2. The van der Waals surface area contributed by atoms with E-state index in [1.807, 2.05) is 0 Å². The van der Waals surface area contributed by atoms with Crippen molar-refractivity contribution in [2.75, 3.05) is 6.61 Å². The highest BCUT2D eigenvalue weighted by molar-refractivity contribution is 7.86. The molecule has 4 saturated carbocycles. The Kier molecular flexibility index (Phi) is 6.45. The molecule has 6 rings (SSSR count). The maximum atomic E-state index is 13.5. The maximum Gasteiger partial charge on any atom is 0.403 e. The first-order valence-corrected chi connectivity index (χ1v) is 14.6. The van der Waals surface area contributed by atoms with E-state index >= 15 is 0 Å². The van der Waals surface area contributed by atoms with Gasteiger partial charge >= 0.3 is 21.3 Å². The lowest BCUT2D eigenvalue weighted by molar-refractivity contribution is -0.153. The molecule has 0 heterocycles. The van der Waals surface area contributed by atoms with Gasteiger partial charge in [0.05, 0.1) is 0 Å². The standard InChI is InChI=1S/C26H33F3O7S/c1-24-8-7-17(30)9-16(24)10-19(31)22-18-6-5-15(25(18)11-14(12-25)23(22)24)3-2-4-21(32)36-13-20(27)26(28,29)37(33,34)35/h11,15-16,18,20,22-23H,2-10,12-13H2,1H3,(H,33,34,35)/t15?,16-,18?,20?,22+,23?,24-,25+/m0/s1. The summed E-state index contributed by atoms with van der Waals surface area (Å²) in [7, 11) is -5.96. The van der Waals surface area contributed by atoms with Crippen LogP contribution in [0.5, 0.6) is 0 Å². The van der Waals surface area contributed by atoms with Gasteiger partial charge in [-0.1, -0.05) is 18.6 Å². The molecule has 0 radical (unpaired) electrons. The Balaban J connectivity index is 1.19. The first kappa shape index (κ1) is 26.8. The number of halogens is 3. The zero-order valence-corrected chi connectivity index (χ0v) is 21.6. The van der Waals surface area contributed by atoms with Gasteiger partial charge in [0.1, 0.15) is 18.2 Å². The number of hydrogen-bond acceptors (Lipinski definition) is 6. The van der Waals surface area contributed by atoms with Crippen LogP contribution in [0, 0.1) is 40.4 Å². The Morgan fingerprint density at radius 1 is 1.27 bits per heavy atom. The van der Waals surface area contributed by atoms with Gasteiger partial charge in [0, 0.05) is 31.6 Å². The molecule has 2 bridgehead atoms. The van der Waals surface area contributed by atoms with Crippen LogP contribution in [-0.2, 0) is 29.2 Å². The summed E-state index contributed by atoms with van der Waals surface area (Å²) in [5.41, 5.74) is 1.26. The lowest BCUT2D eigenvalue weighted by Crippen LogP contribution is -2.61. The summed E-state index contributed by atoms with van der Waals surface area (Å²) < 4.78 is 74.2. The van der Waals surface area contributed by atoms with Gasteiger partial charge in [0.25, 0.3) is 0 Å². The van der Waals surface area contributed by atoms with E-state index in [1.165, 1.54) is 5.57 Å². The van der Waals surface area contributed by atoms with Crippen molar-refractivity contribution in [3.8, 4) is 0 Å². The van der Waals surface area contributed by atoms with Crippen LogP contribution in [0.1, 0.15) is 71.1 Å². The zero-order valence-electron chi connectivity index (χ0n) is 20.8. The van der Waals surface area contributed by atoms with Crippen LogP contribution in [-0.4, -0.2) is 48.5 Å². The van der Waals surface area contributed by atoms with Gasteiger partial charge in [-0.25, -0.2) is 4.39 Å². The van der Waals surface area contributed by atoms with Crippen LogP contribution in [0.15, 0.2) is 11.6 Å². The highest BCUT2D eigenvalue weighted by Crippen LogP contribution is 2.73. The van der Waals surface area contributed by atoms with Crippen molar-refractivity contribution in [3.63, 3.8) is 0 Å². The SMILES string of the molecule is C[C@]12CCC(=O)C[C@H]1CC(=O)[C@H]1C3CCC(CCCC(=O)OCC(F)C(F)(F)S(=O)(=O)O)[C@]34C=C(C4)C12. The van der Waals surface area contributed by atoms with Crippen LogP contribution >= 0.6 is 0 Å². The smallest absolute Gasteiger partial charge is 0.403 e. The molecule has 0 aliphatic heterocycles. The molecule has 0 saturated heterocycles. The summed E-state index contributed by atoms with van der Waals surface area (Å²) in [6.07, 6.45) is 5.14. The number of alkyl halides is 3. The predicted octanol–water partition coefficient (Wildman–Crippen LogP) is 4.46. The van der Waals surface area contributed by atoms with Crippen molar-refractivity contribution in [1.29, 1.82) is 0 Å². The average Bonchev–Trinajstić information content (AvgIpc) is 3.18. The van der Waals surface area contributed by atoms with Crippen molar-refractivity contribution in [3.05, 3.63) is 11.6 Å². The molecule has 0 aromatic carbocycles. The minimum absolute atomic E-state index is 0.0101. The summed E-state index contributed by atoms with van der Waals surface area (Å²) in [5.74, 6) is 0.488. The summed E-state index contributed by atoms with van der Waals surface area (Å²) in [4.78, 5) is 37.4. The Morgan fingerprint density at radius 3 is 2.65 bits per heavy atom. The topological polar surface area (TPSA) is 115 Å². The lowest BCUT2D eigenvalue weighted by atomic mass is 9.38. The Labute approximate surface area is 214 Å². The van der Waals surface area contributed by atoms with Crippen molar-refractivity contribution in [2.45, 2.75) is 82.6 Å². The van der Waals surface area contributed by atoms with Crippen molar-refractivity contribution >= 4 is 27.7 Å². The Morgan fingerprint density at radius 2 is 1.97 bits per heavy atom. The summed E-state index contributed by atoms with van der Waals surface area (Å²) in [5, 5.41) is -5.06. The van der Waals surface area contributed by atoms with E-state index in [2.05, 4.69) is 17.7 Å². The van der Waals surface area contributed by atoms with Gasteiger partial charge in [-0.2, -0.15) is 17.2 Å². The van der Waals surface area contributed by atoms with Crippen molar-refractivity contribution in [1.82, 2.24) is 0 Å². The minimum atomic E-state index is -5.96. The molecular weight excluding hydrogens is 513 g/mol. The quantitative estimate of drug-likeness (QED) is 0.272. The molecule has 0 amide bonds. The molecule has 7 nitrogen and oxygen atoms in total. The molecule has 8 atom stereocenters. The fraction of sp³-hybridized carbons (Fsp3) is 0.808. The van der Waals surface area contributed by atoms with E-state index in [0.29, 0.717) is 32.1 Å². The normalized spacial score (nSPS) is 39.6. The number of fused-ring (bicyclic) bond motifs is 1. The third-order valence-electron chi connectivity index (χ3n) is 10.3. The minimum Gasteiger partial charge on any atom is -0.462 e. The molecule has 206 valence electrons. The van der Waals surface area contributed by atoms with Crippen molar-refractivity contribution < 1.29 is 45.3 Å². The summed E-state index contributed by atoms with van der Waals surface area (Å²) >= 11 is 0. The first-order valence-electron chi connectivity index (χ1n) is 13.1. The fourth-order valence-electron chi connectivity index (χ4n) is 8.53. The molecule has 1 N–H and O–H groups in total. The highest BCUT2D eigenvalue weighted by Gasteiger charge is 2.68. The molecule has 4 unspecified atom stereocenters. The lowest BCUT2D eigenvalue weighted by Gasteiger charge is -2.64. The number of esters is 1. The van der Waals surface area contributed by atoms with Crippen LogP contribution in [0.25, 0.3) is 0 Å². The predicted molar refractivity (Wildman–Crippen MR) is 125 cm³/mol. The van der Waals surface area contributed by atoms with E-state index < -0.39 is 34.1 Å². The molecule has 1 spiro atoms. The summed E-state index contributed by atoms with van der Waals surface area (Å²) in [6, 6.07) is 0. The number of ether oxygens (including phenoxy) is 1. The number of carbonyl (C=O) groups excluding carboxylic acids is 3. The second kappa shape index (κ2) is 8.89. The molecule has 6 aliphatic carbocycles. The molecule has 6 aliphatic rings. The number of allylic oxidation sites excluding steroid dienone is 2. The second-order valence-corrected chi connectivity index (χ2v) is 13.6. The average molecular weight is 547 g/mol. The van der Waals surface area contributed by atoms with Crippen LogP contribution in [0.4, 0.5) is 13.2 Å². The van der Waals surface area contributed by atoms with Gasteiger partial charge in [0.2, 0.25) is 6.17 Å². The first-order chi connectivity index (χ1) is 17.2. The number of ketones is 2. The fourth-order valence-corrected chi connectivity index (χ4v) is 8.92. The van der Waals surface area contributed by atoms with Crippen molar-refractivity contribution in [2.24, 2.45) is 40.4 Å². The van der Waals surface area contributed by atoms with E-state index in [-0.39, 0.29) is 58.4 Å².